The fraction of sp³-hybridized carbons (Fsp3) is 0. The minimum Gasteiger partial charge on any atom is -0.309 e. The Morgan fingerprint density at radius 1 is 0.447 bits per heavy atom. The van der Waals surface area contributed by atoms with Crippen molar-refractivity contribution in [2.24, 2.45) is 0 Å². The van der Waals surface area contributed by atoms with Crippen molar-refractivity contribution in [3.63, 3.8) is 0 Å². The molecule has 0 amide bonds. The van der Waals surface area contributed by atoms with Gasteiger partial charge in [0.05, 0.1) is 16.6 Å². The molecule has 0 aliphatic heterocycles. The maximum atomic E-state index is 4.94. The van der Waals surface area contributed by atoms with Gasteiger partial charge in [-0.15, -0.1) is 11.3 Å². The van der Waals surface area contributed by atoms with Gasteiger partial charge in [-0.1, -0.05) is 60.7 Å². The second kappa shape index (κ2) is 7.41. The Kier molecular flexibility index (Phi) is 3.96. The molecule has 0 radical (unpaired) electrons. The monoisotopic (exact) mass is 500 g/mol. The van der Waals surface area contributed by atoms with E-state index in [-0.39, 0.29) is 0 Å². The number of fused-ring (bicyclic) bond motifs is 12. The van der Waals surface area contributed by atoms with Crippen molar-refractivity contribution in [2.45, 2.75) is 0 Å². The predicted molar refractivity (Wildman–Crippen MR) is 164 cm³/mol. The van der Waals surface area contributed by atoms with E-state index >= 15 is 0 Å². The fourth-order valence-corrected chi connectivity index (χ4v) is 7.47. The van der Waals surface area contributed by atoms with Gasteiger partial charge in [0, 0.05) is 53.6 Å². The van der Waals surface area contributed by atoms with E-state index in [1.54, 1.807) is 0 Å². The van der Waals surface area contributed by atoms with Crippen molar-refractivity contribution in [2.75, 3.05) is 0 Å². The number of para-hydroxylation sites is 2. The summed E-state index contributed by atoms with van der Waals surface area (Å²) in [5, 5.41) is 11.4. The summed E-state index contributed by atoms with van der Waals surface area (Å²) in [5.41, 5.74) is 4.65. The molecule has 0 aliphatic rings. The van der Waals surface area contributed by atoms with Crippen LogP contribution in [-0.2, 0) is 0 Å². The van der Waals surface area contributed by atoms with Crippen LogP contribution in [-0.4, -0.2) is 9.55 Å². The van der Waals surface area contributed by atoms with E-state index in [1.807, 2.05) is 17.5 Å². The molecule has 6 aromatic carbocycles. The highest BCUT2D eigenvalue weighted by Crippen LogP contribution is 2.43. The molecular weight excluding hydrogens is 480 g/mol. The zero-order valence-corrected chi connectivity index (χ0v) is 21.2. The average Bonchev–Trinajstić information content (AvgIpc) is 3.51. The third-order valence-corrected chi connectivity index (χ3v) is 9.12. The number of rotatable bonds is 1. The molecule has 3 aromatic heterocycles. The number of aromatic nitrogens is 2. The number of nitrogens with zero attached hydrogens (tertiary/aromatic N) is 2. The number of benzene rings is 6. The Morgan fingerprint density at radius 2 is 1.16 bits per heavy atom. The smallest absolute Gasteiger partial charge is 0.0787 e. The molecule has 0 saturated carbocycles. The van der Waals surface area contributed by atoms with E-state index in [9.17, 15) is 0 Å². The third kappa shape index (κ3) is 2.64. The quantitative estimate of drug-likeness (QED) is 0.205. The maximum Gasteiger partial charge on any atom is 0.0787 e. The molecule has 0 fully saturated rings. The van der Waals surface area contributed by atoms with Crippen LogP contribution in [0.15, 0.2) is 121 Å². The number of pyridine rings is 1. The van der Waals surface area contributed by atoms with Crippen LogP contribution in [0.4, 0.5) is 0 Å². The molecule has 0 spiro atoms. The van der Waals surface area contributed by atoms with Crippen LogP contribution in [0.2, 0.25) is 0 Å². The van der Waals surface area contributed by atoms with Crippen molar-refractivity contribution < 1.29 is 0 Å². The molecule has 9 rings (SSSR count). The highest BCUT2D eigenvalue weighted by molar-refractivity contribution is 7.25. The van der Waals surface area contributed by atoms with Gasteiger partial charge in [-0.2, -0.15) is 0 Å². The van der Waals surface area contributed by atoms with Gasteiger partial charge in [0.15, 0.2) is 0 Å². The summed E-state index contributed by atoms with van der Waals surface area (Å²) in [6.45, 7) is 0. The van der Waals surface area contributed by atoms with Crippen LogP contribution in [0.1, 0.15) is 0 Å². The topological polar surface area (TPSA) is 17.8 Å². The first kappa shape index (κ1) is 20.3. The molecular formula is C35H20N2S. The summed E-state index contributed by atoms with van der Waals surface area (Å²) in [6, 6.07) is 42.0. The van der Waals surface area contributed by atoms with Gasteiger partial charge >= 0.3 is 0 Å². The molecule has 3 heteroatoms. The van der Waals surface area contributed by atoms with E-state index in [1.165, 1.54) is 74.6 Å². The molecule has 3 heterocycles. The summed E-state index contributed by atoms with van der Waals surface area (Å²) in [6.07, 6.45) is 1.92. The number of hydrogen-bond acceptors (Lipinski definition) is 2. The molecule has 0 atom stereocenters. The van der Waals surface area contributed by atoms with Crippen LogP contribution >= 0.6 is 11.3 Å². The zero-order chi connectivity index (χ0) is 24.8. The van der Waals surface area contributed by atoms with E-state index in [4.69, 9.17) is 4.98 Å². The largest absolute Gasteiger partial charge is 0.309 e. The van der Waals surface area contributed by atoms with Gasteiger partial charge in [0.1, 0.15) is 0 Å². The number of thiophene rings is 1. The zero-order valence-electron chi connectivity index (χ0n) is 20.3. The van der Waals surface area contributed by atoms with Crippen molar-refractivity contribution in [1.82, 2.24) is 9.55 Å². The lowest BCUT2D eigenvalue weighted by Crippen LogP contribution is -1.93. The normalized spacial score (nSPS) is 12.2. The van der Waals surface area contributed by atoms with Crippen LogP contribution in [0.3, 0.4) is 0 Å². The molecule has 38 heavy (non-hydrogen) atoms. The Labute approximate surface area is 222 Å². The molecule has 0 N–H and O–H groups in total. The first-order chi connectivity index (χ1) is 18.8. The minimum absolute atomic E-state index is 1.06. The lowest BCUT2D eigenvalue weighted by atomic mass is 9.94. The minimum atomic E-state index is 1.06. The first-order valence-corrected chi connectivity index (χ1v) is 13.7. The van der Waals surface area contributed by atoms with Gasteiger partial charge in [-0.3, -0.25) is 4.98 Å². The average molecular weight is 501 g/mol. The molecule has 2 nitrogen and oxygen atoms in total. The molecule has 176 valence electrons. The van der Waals surface area contributed by atoms with Crippen LogP contribution in [0, 0.1) is 0 Å². The molecule has 0 unspecified atom stereocenters. The second-order valence-corrected chi connectivity index (χ2v) is 11.1. The highest BCUT2D eigenvalue weighted by atomic mass is 32.1. The Balaban J connectivity index is 1.54. The summed E-state index contributed by atoms with van der Waals surface area (Å²) in [5.74, 6) is 0. The SMILES string of the molecule is c1ccc(-n2c3ccccc3c3cc4c5cc6c(cc5c5cccnc5c4cc32)sc2ccccc26)cc1. The summed E-state index contributed by atoms with van der Waals surface area (Å²) >= 11 is 1.87. The first-order valence-electron chi connectivity index (χ1n) is 12.9. The van der Waals surface area contributed by atoms with Gasteiger partial charge in [-0.05, 0) is 70.8 Å². The van der Waals surface area contributed by atoms with E-state index in [2.05, 4.69) is 120 Å². The van der Waals surface area contributed by atoms with Crippen LogP contribution in [0.5, 0.6) is 0 Å². The van der Waals surface area contributed by atoms with Crippen LogP contribution < -0.4 is 0 Å². The van der Waals surface area contributed by atoms with Crippen molar-refractivity contribution >= 4 is 85.8 Å². The van der Waals surface area contributed by atoms with Gasteiger partial charge < -0.3 is 4.57 Å². The second-order valence-electron chi connectivity index (χ2n) is 9.99. The van der Waals surface area contributed by atoms with Gasteiger partial charge in [0.2, 0.25) is 0 Å². The van der Waals surface area contributed by atoms with Crippen molar-refractivity contribution in [1.29, 1.82) is 0 Å². The molecule has 9 aromatic rings. The van der Waals surface area contributed by atoms with E-state index < -0.39 is 0 Å². The fourth-order valence-electron chi connectivity index (χ4n) is 6.34. The maximum absolute atomic E-state index is 4.94. The lowest BCUT2D eigenvalue weighted by Gasteiger charge is -2.12. The predicted octanol–water partition coefficient (Wildman–Crippen LogP) is 10.0. The summed E-state index contributed by atoms with van der Waals surface area (Å²) in [7, 11) is 0. The van der Waals surface area contributed by atoms with E-state index in [0.29, 0.717) is 0 Å². The van der Waals surface area contributed by atoms with Crippen molar-refractivity contribution in [3.8, 4) is 5.69 Å². The van der Waals surface area contributed by atoms with E-state index in [0.717, 1.165) is 5.52 Å². The van der Waals surface area contributed by atoms with Gasteiger partial charge in [0.25, 0.3) is 0 Å². The Morgan fingerprint density at radius 3 is 2.08 bits per heavy atom. The van der Waals surface area contributed by atoms with Crippen molar-refractivity contribution in [3.05, 3.63) is 121 Å². The van der Waals surface area contributed by atoms with Gasteiger partial charge in [-0.25, -0.2) is 0 Å². The Bertz CT molecular complexity index is 2390. The lowest BCUT2D eigenvalue weighted by molar-refractivity contribution is 1.18. The highest BCUT2D eigenvalue weighted by Gasteiger charge is 2.18. The Hall–Kier alpha value is -4.73. The number of hydrogen-bond donors (Lipinski definition) is 0. The molecule has 0 saturated heterocycles. The van der Waals surface area contributed by atoms with Crippen LogP contribution in [0.25, 0.3) is 80.1 Å². The standard InChI is InChI=1S/C35H20N2S/c1-2-9-21(10-3-1)37-31-14-6-4-11-22(31)28-17-26-25-18-29-23-12-5-7-15-33(23)38-34(29)20-27(25)24-13-8-16-36-35(24)30(26)19-32(28)37/h1-20H. The summed E-state index contributed by atoms with van der Waals surface area (Å²) < 4.78 is 5.04. The summed E-state index contributed by atoms with van der Waals surface area (Å²) in [4.78, 5) is 4.94. The molecule has 0 aliphatic carbocycles. The third-order valence-electron chi connectivity index (χ3n) is 7.99. The molecule has 0 bridgehead atoms.